The Kier molecular flexibility index (Phi) is 7.40. The molecule has 0 spiro atoms. The van der Waals surface area contributed by atoms with Crippen molar-refractivity contribution in [2.75, 3.05) is 18.6 Å². The van der Waals surface area contributed by atoms with Gasteiger partial charge in [0.05, 0.1) is 25.0 Å². The molecule has 10 heteroatoms. The molecule has 0 radical (unpaired) electrons. The van der Waals surface area contributed by atoms with Crippen molar-refractivity contribution in [2.24, 2.45) is 0 Å². The molecule has 0 saturated heterocycles. The number of nitrogens with one attached hydrogen (secondary N) is 1. The number of carbonyl (C=O) groups is 1. The van der Waals surface area contributed by atoms with Crippen LogP contribution in [0.1, 0.15) is 31.1 Å². The van der Waals surface area contributed by atoms with Crippen LogP contribution in [0.2, 0.25) is 5.02 Å². The van der Waals surface area contributed by atoms with Gasteiger partial charge in [-0.1, -0.05) is 53.7 Å². The standard InChI is InChI=1S/C28H25ClN4O4S/c1-4-37-24-15-18(13-14-23(24)36-3)27-32(17(2)34)22-12-8-6-10-20(22)25-26(35)30-28(31-33(25)27)38-16-19-9-5-7-11-21(19)29/h5-15,27H,4,16H2,1-3H3/p+1/t27-/m0/s1. The zero-order valence-corrected chi connectivity index (χ0v) is 22.7. The SMILES string of the molecule is CCOc1cc([C@H]2N(C(C)=O)c3ccccc3-c3c(=O)[nH]c(SCc4ccccc4Cl)n[n+]32)ccc1OC. The third-order valence-corrected chi connectivity index (χ3v) is 7.49. The van der Waals surface area contributed by atoms with Gasteiger partial charge in [-0.15, -0.1) is 0 Å². The van der Waals surface area contributed by atoms with Gasteiger partial charge in [0.2, 0.25) is 11.1 Å². The number of H-pyrrole nitrogens is 1. The van der Waals surface area contributed by atoms with Gasteiger partial charge in [0.15, 0.2) is 11.5 Å². The summed E-state index contributed by atoms with van der Waals surface area (Å²) in [7, 11) is 1.57. The van der Waals surface area contributed by atoms with Crippen LogP contribution in [0.15, 0.2) is 76.7 Å². The van der Waals surface area contributed by atoms with Gasteiger partial charge < -0.3 is 9.47 Å². The number of carbonyl (C=O) groups excluding carboxylic acids is 1. The number of benzene rings is 3. The van der Waals surface area contributed by atoms with E-state index in [1.165, 1.54) is 18.7 Å². The molecular weight excluding hydrogens is 524 g/mol. The lowest BCUT2D eigenvalue weighted by molar-refractivity contribution is -0.763. The number of aromatic nitrogens is 3. The molecule has 1 N–H and O–H groups in total. The van der Waals surface area contributed by atoms with Gasteiger partial charge in [-0.3, -0.25) is 14.6 Å². The molecule has 1 aromatic heterocycles. The molecular formula is C28H26ClN4O4S+. The van der Waals surface area contributed by atoms with E-state index in [9.17, 15) is 9.59 Å². The van der Waals surface area contributed by atoms with Crippen molar-refractivity contribution in [3.05, 3.63) is 93.2 Å². The zero-order valence-electron chi connectivity index (χ0n) is 21.1. The predicted molar refractivity (Wildman–Crippen MR) is 147 cm³/mol. The molecule has 0 saturated carbocycles. The van der Waals surface area contributed by atoms with Crippen LogP contribution in [0.5, 0.6) is 11.5 Å². The van der Waals surface area contributed by atoms with Crippen molar-refractivity contribution in [2.45, 2.75) is 30.9 Å². The summed E-state index contributed by atoms with van der Waals surface area (Å²) in [5, 5.41) is 5.89. The highest BCUT2D eigenvalue weighted by atomic mass is 35.5. The number of hydrogen-bond acceptors (Lipinski definition) is 6. The summed E-state index contributed by atoms with van der Waals surface area (Å²) in [6, 6.07) is 20.3. The van der Waals surface area contributed by atoms with Crippen LogP contribution < -0.4 is 24.6 Å². The first-order valence-electron chi connectivity index (χ1n) is 12.0. The Labute approximate surface area is 229 Å². The second-order valence-corrected chi connectivity index (χ2v) is 9.93. The molecule has 1 atom stereocenters. The lowest BCUT2D eigenvalue weighted by Crippen LogP contribution is -2.60. The van der Waals surface area contributed by atoms with Crippen LogP contribution in [-0.2, 0) is 10.5 Å². The minimum atomic E-state index is -0.732. The maximum Gasteiger partial charge on any atom is 0.325 e. The Bertz CT molecular complexity index is 1570. The molecule has 8 nitrogen and oxygen atoms in total. The second-order valence-electron chi connectivity index (χ2n) is 8.56. The highest BCUT2D eigenvalue weighted by molar-refractivity contribution is 7.98. The van der Waals surface area contributed by atoms with Crippen LogP contribution in [0.3, 0.4) is 0 Å². The van der Waals surface area contributed by atoms with Crippen molar-refractivity contribution < 1.29 is 19.0 Å². The number of halogens is 1. The molecule has 2 heterocycles. The fourth-order valence-electron chi connectivity index (χ4n) is 4.56. The van der Waals surface area contributed by atoms with E-state index in [2.05, 4.69) is 4.98 Å². The number of hydrogen-bond donors (Lipinski definition) is 1. The number of nitrogens with zero attached hydrogens (tertiary/aromatic N) is 3. The molecule has 1 amide bonds. The minimum Gasteiger partial charge on any atom is -0.493 e. The quantitative estimate of drug-likeness (QED) is 0.258. The molecule has 0 bridgehead atoms. The maximum atomic E-state index is 13.5. The van der Waals surface area contributed by atoms with Gasteiger partial charge in [0, 0.05) is 28.4 Å². The van der Waals surface area contributed by atoms with E-state index in [1.807, 2.05) is 67.6 Å². The van der Waals surface area contributed by atoms with Crippen LogP contribution >= 0.6 is 23.4 Å². The van der Waals surface area contributed by atoms with Crippen molar-refractivity contribution in [3.8, 4) is 22.8 Å². The lowest BCUT2D eigenvalue weighted by atomic mass is 10.0. The molecule has 1 aliphatic rings. The van der Waals surface area contributed by atoms with E-state index in [-0.39, 0.29) is 11.5 Å². The van der Waals surface area contributed by atoms with E-state index in [0.717, 1.165) is 5.56 Å². The molecule has 0 aliphatic carbocycles. The lowest BCUT2D eigenvalue weighted by Gasteiger charge is -2.31. The fraction of sp³-hybridized carbons (Fsp3) is 0.214. The summed E-state index contributed by atoms with van der Waals surface area (Å²) < 4.78 is 12.9. The van der Waals surface area contributed by atoms with Gasteiger partial charge in [0.25, 0.3) is 6.17 Å². The summed E-state index contributed by atoms with van der Waals surface area (Å²) in [5.41, 5.74) is 2.94. The first-order valence-corrected chi connectivity index (χ1v) is 13.4. The van der Waals surface area contributed by atoms with Gasteiger partial charge in [-0.25, -0.2) is 4.90 Å². The summed E-state index contributed by atoms with van der Waals surface area (Å²) in [5.74, 6) is 1.43. The first-order chi connectivity index (χ1) is 18.4. The van der Waals surface area contributed by atoms with E-state index >= 15 is 0 Å². The molecule has 38 heavy (non-hydrogen) atoms. The number of rotatable bonds is 7. The van der Waals surface area contributed by atoms with E-state index in [4.69, 9.17) is 26.2 Å². The largest absolute Gasteiger partial charge is 0.493 e. The molecule has 5 rings (SSSR count). The highest BCUT2D eigenvalue weighted by Crippen LogP contribution is 2.39. The number of amides is 1. The Morgan fingerprint density at radius 1 is 1.13 bits per heavy atom. The monoisotopic (exact) mass is 549 g/mol. The minimum absolute atomic E-state index is 0.193. The summed E-state index contributed by atoms with van der Waals surface area (Å²) in [6.07, 6.45) is -0.732. The summed E-state index contributed by atoms with van der Waals surface area (Å²) in [4.78, 5) is 31.2. The maximum absolute atomic E-state index is 13.5. The number of aromatic amines is 1. The number of methoxy groups -OCH3 is 1. The first kappa shape index (κ1) is 25.8. The van der Waals surface area contributed by atoms with Gasteiger partial charge in [0.1, 0.15) is 0 Å². The van der Waals surface area contributed by atoms with Crippen LogP contribution in [0, 0.1) is 0 Å². The van der Waals surface area contributed by atoms with E-state index in [0.29, 0.717) is 56.5 Å². The van der Waals surface area contributed by atoms with Crippen molar-refractivity contribution in [3.63, 3.8) is 0 Å². The van der Waals surface area contributed by atoms with Crippen LogP contribution in [0.25, 0.3) is 11.3 Å². The molecule has 0 unspecified atom stereocenters. The van der Waals surface area contributed by atoms with E-state index in [1.54, 1.807) is 22.8 Å². The number of para-hydroxylation sites is 1. The third-order valence-electron chi connectivity index (χ3n) is 6.21. The summed E-state index contributed by atoms with van der Waals surface area (Å²) in [6.45, 7) is 3.83. The predicted octanol–water partition coefficient (Wildman–Crippen LogP) is 4.99. The second kappa shape index (κ2) is 10.9. The number of ether oxygens (including phenoxy) is 2. The van der Waals surface area contributed by atoms with Crippen LogP contribution in [-0.4, -0.2) is 29.7 Å². The highest BCUT2D eigenvalue weighted by Gasteiger charge is 2.45. The molecule has 0 fully saturated rings. The van der Waals surface area contributed by atoms with Gasteiger partial charge >= 0.3 is 11.3 Å². The smallest absolute Gasteiger partial charge is 0.325 e. The van der Waals surface area contributed by atoms with Gasteiger partial charge in [-0.05, 0) is 53.6 Å². The zero-order chi connectivity index (χ0) is 26.8. The fourth-order valence-corrected chi connectivity index (χ4v) is 5.70. The Balaban J connectivity index is 1.69. The Morgan fingerprint density at radius 3 is 2.63 bits per heavy atom. The normalized spacial score (nSPS) is 14.0. The number of anilines is 1. The Morgan fingerprint density at radius 2 is 1.89 bits per heavy atom. The Hall–Kier alpha value is -3.82. The van der Waals surface area contributed by atoms with Gasteiger partial charge in [-0.2, -0.15) is 0 Å². The number of fused-ring (bicyclic) bond motifs is 3. The molecule has 194 valence electrons. The third kappa shape index (κ3) is 4.75. The van der Waals surface area contributed by atoms with Crippen LogP contribution in [0.4, 0.5) is 5.69 Å². The molecule has 3 aromatic carbocycles. The topological polar surface area (TPSA) is 88.4 Å². The molecule has 4 aromatic rings. The number of thioether (sulfide) groups is 1. The summed E-state index contributed by atoms with van der Waals surface area (Å²) >= 11 is 7.70. The van der Waals surface area contributed by atoms with Crippen molar-refractivity contribution >= 4 is 35.0 Å². The van der Waals surface area contributed by atoms with Crippen molar-refractivity contribution in [1.29, 1.82) is 0 Å². The van der Waals surface area contributed by atoms with E-state index < -0.39 is 6.17 Å². The average Bonchev–Trinajstić information content (AvgIpc) is 2.91. The average molecular weight is 550 g/mol. The molecule has 1 aliphatic heterocycles. The van der Waals surface area contributed by atoms with Crippen molar-refractivity contribution in [1.82, 2.24) is 10.1 Å².